The molecule has 0 aliphatic heterocycles. The highest BCUT2D eigenvalue weighted by Gasteiger charge is 2.73. The van der Waals surface area contributed by atoms with Crippen LogP contribution >= 0.6 is 15.9 Å². The third-order valence-corrected chi connectivity index (χ3v) is 4.09. The summed E-state index contributed by atoms with van der Waals surface area (Å²) in [5.74, 6) is -4.17. The Balaban J connectivity index is 6.85. The van der Waals surface area contributed by atoms with Gasteiger partial charge >= 0.3 is 0 Å². The van der Waals surface area contributed by atoms with Gasteiger partial charge in [-0.05, 0) is 43.6 Å². The lowest BCUT2D eigenvalue weighted by molar-refractivity contribution is -0.239. The number of hydrogen-bond donors (Lipinski definition) is 4. The van der Waals surface area contributed by atoms with Gasteiger partial charge in [-0.25, -0.2) is 0 Å². The molecule has 0 aromatic heterocycles. The van der Waals surface area contributed by atoms with Gasteiger partial charge in [0.1, 0.15) is 0 Å². The minimum Gasteiger partial charge on any atom is -0.390 e. The molecule has 0 saturated carbocycles. The van der Waals surface area contributed by atoms with Crippen LogP contribution in [0.4, 0.5) is 0 Å². The van der Waals surface area contributed by atoms with E-state index in [1.54, 1.807) is 0 Å². The molecule has 0 amide bonds. The summed E-state index contributed by atoms with van der Waals surface area (Å²) in [7, 11) is 0. The van der Waals surface area contributed by atoms with Crippen LogP contribution in [0.15, 0.2) is 0 Å². The van der Waals surface area contributed by atoms with Crippen molar-refractivity contribution in [3.63, 3.8) is 0 Å². The monoisotopic (exact) mass is 368 g/mol. The zero-order chi connectivity index (χ0) is 17.4. The molecule has 0 bridgehead atoms. The van der Waals surface area contributed by atoms with Crippen molar-refractivity contribution in [2.24, 2.45) is 0 Å². The van der Waals surface area contributed by atoms with Crippen LogP contribution in [0.2, 0.25) is 0 Å². The number of hydrogen-bond acceptors (Lipinski definition) is 8. The van der Waals surface area contributed by atoms with E-state index in [-0.39, 0.29) is 0 Å². The van der Waals surface area contributed by atoms with E-state index in [2.05, 4.69) is 15.9 Å². The molecule has 4 N–H and O–H groups in total. The molecule has 8 nitrogen and oxygen atoms in total. The van der Waals surface area contributed by atoms with Crippen LogP contribution in [-0.2, 0) is 19.2 Å². The van der Waals surface area contributed by atoms with Crippen molar-refractivity contribution in [1.29, 1.82) is 0 Å². The van der Waals surface area contributed by atoms with E-state index in [0.29, 0.717) is 13.8 Å². The Bertz CT molecular complexity index is 485. The van der Waals surface area contributed by atoms with E-state index in [4.69, 9.17) is 0 Å². The molecule has 0 fully saturated rings. The van der Waals surface area contributed by atoms with Crippen molar-refractivity contribution >= 4 is 38.0 Å². The van der Waals surface area contributed by atoms with Gasteiger partial charge in [-0.1, -0.05) is 0 Å². The standard InChI is InChI=1S/C12H17BrO8/c1-5(14)10(19,6(2)15)12(21,8(4)17)11(20,7(3)16)9(13)18/h5,14,19-21H,1-4H3. The fourth-order valence-electron chi connectivity index (χ4n) is 2.19. The third-order valence-electron chi connectivity index (χ3n) is 3.52. The number of carbonyl (C=O) groups is 4. The zero-order valence-electron chi connectivity index (χ0n) is 11.9. The summed E-state index contributed by atoms with van der Waals surface area (Å²) in [6.07, 6.45) is -2.07. The molecule has 0 aromatic carbocycles. The maximum absolute atomic E-state index is 11.8. The number of halogens is 1. The average molecular weight is 369 g/mol. The molecular formula is C12H17BrO8. The van der Waals surface area contributed by atoms with E-state index in [1.165, 1.54) is 0 Å². The van der Waals surface area contributed by atoms with E-state index in [1.807, 2.05) is 0 Å². The molecule has 0 rings (SSSR count). The van der Waals surface area contributed by atoms with Crippen molar-refractivity contribution in [3.05, 3.63) is 0 Å². The largest absolute Gasteiger partial charge is 0.390 e. The number of rotatable bonds is 7. The highest BCUT2D eigenvalue weighted by Crippen LogP contribution is 2.40. The predicted octanol–water partition coefficient (Wildman–Crippen LogP) is -1.75. The Kier molecular flexibility index (Phi) is 5.73. The molecule has 0 radical (unpaired) electrons. The molecule has 0 saturated heterocycles. The zero-order valence-corrected chi connectivity index (χ0v) is 13.5. The van der Waals surface area contributed by atoms with Crippen molar-refractivity contribution < 1.29 is 39.6 Å². The molecule has 0 aliphatic carbocycles. The summed E-state index contributed by atoms with van der Waals surface area (Å²) in [5, 5.41) is 40.7. The predicted molar refractivity (Wildman–Crippen MR) is 72.5 cm³/mol. The van der Waals surface area contributed by atoms with Crippen molar-refractivity contribution in [2.45, 2.75) is 50.6 Å². The second-order valence-electron chi connectivity index (χ2n) is 4.81. The van der Waals surface area contributed by atoms with Crippen LogP contribution in [0, 0.1) is 0 Å². The average Bonchev–Trinajstić information content (AvgIpc) is 2.33. The molecule has 0 heterocycles. The first kappa shape index (κ1) is 20.0. The van der Waals surface area contributed by atoms with Gasteiger partial charge in [-0.2, -0.15) is 0 Å². The Morgan fingerprint density at radius 3 is 1.43 bits per heavy atom. The Labute approximate surface area is 128 Å². The Morgan fingerprint density at radius 1 is 0.905 bits per heavy atom. The van der Waals surface area contributed by atoms with Crippen LogP contribution in [0.3, 0.4) is 0 Å². The maximum Gasteiger partial charge on any atom is 0.240 e. The highest BCUT2D eigenvalue weighted by atomic mass is 79.9. The van der Waals surface area contributed by atoms with Gasteiger partial charge < -0.3 is 20.4 Å². The lowest BCUT2D eigenvalue weighted by atomic mass is 9.64. The van der Waals surface area contributed by atoms with Gasteiger partial charge in [0, 0.05) is 0 Å². The summed E-state index contributed by atoms with van der Waals surface area (Å²) in [5.41, 5.74) is -10.3. The number of carbonyl (C=O) groups excluding carboxylic acids is 4. The quantitative estimate of drug-likeness (QED) is 0.305. The topological polar surface area (TPSA) is 149 Å². The molecule has 4 unspecified atom stereocenters. The summed E-state index contributed by atoms with van der Waals surface area (Å²) < 4.78 is -1.54. The van der Waals surface area contributed by atoms with Crippen LogP contribution in [-0.4, -0.2) is 65.4 Å². The molecule has 0 aliphatic rings. The number of aliphatic hydroxyl groups excluding tert-OH is 1. The van der Waals surface area contributed by atoms with Gasteiger partial charge in [0.15, 0.2) is 23.0 Å². The molecule has 0 spiro atoms. The summed E-state index contributed by atoms with van der Waals surface area (Å²) in [6, 6.07) is 0. The van der Waals surface area contributed by atoms with Gasteiger partial charge in [-0.15, -0.1) is 0 Å². The minimum absolute atomic E-state index is 0.653. The van der Waals surface area contributed by atoms with Gasteiger partial charge in [0.2, 0.25) is 15.9 Å². The van der Waals surface area contributed by atoms with Crippen molar-refractivity contribution in [2.75, 3.05) is 0 Å². The Hall–Kier alpha value is -1.00. The van der Waals surface area contributed by atoms with Crippen molar-refractivity contribution in [1.82, 2.24) is 0 Å². The first-order valence-electron chi connectivity index (χ1n) is 5.80. The normalized spacial score (nSPS) is 21.4. The first-order valence-corrected chi connectivity index (χ1v) is 6.59. The smallest absolute Gasteiger partial charge is 0.240 e. The van der Waals surface area contributed by atoms with Gasteiger partial charge in [0.05, 0.1) is 6.10 Å². The summed E-state index contributed by atoms with van der Waals surface area (Å²) in [4.78, 5) is 46.7. The molecule has 0 aromatic rings. The van der Waals surface area contributed by atoms with Gasteiger partial charge in [-0.3, -0.25) is 19.2 Å². The van der Waals surface area contributed by atoms with Crippen LogP contribution in [0.1, 0.15) is 27.7 Å². The fraction of sp³-hybridized carbons (Fsp3) is 0.667. The lowest BCUT2D eigenvalue weighted by Gasteiger charge is -2.48. The number of ketones is 3. The highest BCUT2D eigenvalue weighted by molar-refractivity contribution is 9.18. The van der Waals surface area contributed by atoms with E-state index < -0.39 is 44.9 Å². The summed E-state index contributed by atoms with van der Waals surface area (Å²) >= 11 is 2.27. The maximum atomic E-state index is 11.8. The third kappa shape index (κ3) is 2.49. The molecular weight excluding hydrogens is 352 g/mol. The molecule has 21 heavy (non-hydrogen) atoms. The fourth-order valence-corrected chi connectivity index (χ4v) is 2.75. The van der Waals surface area contributed by atoms with E-state index in [9.17, 15) is 39.6 Å². The first-order chi connectivity index (χ1) is 9.22. The van der Waals surface area contributed by atoms with E-state index in [0.717, 1.165) is 13.8 Å². The second kappa shape index (κ2) is 6.01. The second-order valence-corrected chi connectivity index (χ2v) is 5.53. The molecule has 4 atom stereocenters. The Morgan fingerprint density at radius 2 is 1.29 bits per heavy atom. The van der Waals surface area contributed by atoms with Crippen LogP contribution in [0.5, 0.6) is 0 Å². The number of aliphatic hydroxyl groups is 4. The van der Waals surface area contributed by atoms with Crippen LogP contribution < -0.4 is 0 Å². The number of Topliss-reactive ketones (excluding diaryl/α,β-unsaturated/α-hetero) is 3. The van der Waals surface area contributed by atoms with E-state index >= 15 is 0 Å². The minimum atomic E-state index is -3.58. The lowest BCUT2D eigenvalue weighted by Crippen LogP contribution is -2.80. The van der Waals surface area contributed by atoms with Crippen molar-refractivity contribution in [3.8, 4) is 0 Å². The molecule has 120 valence electrons. The van der Waals surface area contributed by atoms with Gasteiger partial charge in [0.25, 0.3) is 0 Å². The summed E-state index contributed by atoms with van der Waals surface area (Å²) in [6.45, 7) is 2.91. The molecule has 9 heteroatoms. The SMILES string of the molecule is CC(=O)C(O)(C(=O)Br)C(O)(C(C)=O)C(O)(C(C)=O)C(C)O. The van der Waals surface area contributed by atoms with Crippen LogP contribution in [0.25, 0.3) is 0 Å².